The number of rotatable bonds is 5. The minimum absolute atomic E-state index is 0.235. The van der Waals surface area contributed by atoms with Gasteiger partial charge in [-0.05, 0) is 12.5 Å². The Balaban J connectivity index is 2.46. The summed E-state index contributed by atoms with van der Waals surface area (Å²) >= 11 is 0. The lowest BCUT2D eigenvalue weighted by Crippen LogP contribution is -2.50. The molecule has 1 heterocycles. The first-order valence-electron chi connectivity index (χ1n) is 5.72. The van der Waals surface area contributed by atoms with E-state index >= 15 is 0 Å². The summed E-state index contributed by atoms with van der Waals surface area (Å²) in [6.45, 7) is 9.85. The van der Waals surface area contributed by atoms with Crippen LogP contribution in [0.3, 0.4) is 0 Å². The van der Waals surface area contributed by atoms with Crippen LogP contribution in [0.2, 0.25) is 0 Å². The first-order chi connectivity index (χ1) is 6.79. The van der Waals surface area contributed by atoms with Crippen LogP contribution in [0.5, 0.6) is 0 Å². The first-order valence-corrected chi connectivity index (χ1v) is 5.72. The van der Waals surface area contributed by atoms with Crippen molar-refractivity contribution in [3.05, 3.63) is 0 Å². The van der Waals surface area contributed by atoms with Gasteiger partial charge in [-0.3, -0.25) is 0 Å². The van der Waals surface area contributed by atoms with E-state index in [1.54, 1.807) is 0 Å². The molecule has 3 heteroatoms. The molecule has 1 aliphatic rings. The fraction of sp³-hybridized carbons (Fsp3) is 1.00. The second-order valence-electron chi connectivity index (χ2n) is 3.95. The van der Waals surface area contributed by atoms with Gasteiger partial charge in [0.15, 0.2) is 0 Å². The van der Waals surface area contributed by atoms with Gasteiger partial charge < -0.3 is 14.8 Å². The zero-order chi connectivity index (χ0) is 10.4. The molecule has 1 aliphatic heterocycles. The quantitative estimate of drug-likeness (QED) is 0.730. The van der Waals surface area contributed by atoms with Crippen molar-refractivity contribution in [2.75, 3.05) is 26.4 Å². The average Bonchev–Trinajstić information content (AvgIpc) is 2.26. The van der Waals surface area contributed by atoms with Gasteiger partial charge in [-0.15, -0.1) is 0 Å². The molecular weight excluding hydrogens is 178 g/mol. The zero-order valence-electron chi connectivity index (χ0n) is 9.58. The van der Waals surface area contributed by atoms with E-state index in [1.165, 1.54) is 6.42 Å². The highest BCUT2D eigenvalue weighted by Gasteiger charge is 2.27. The Morgan fingerprint density at radius 1 is 1.36 bits per heavy atom. The van der Waals surface area contributed by atoms with Crippen LogP contribution in [0, 0.1) is 5.92 Å². The molecule has 84 valence electrons. The third-order valence-corrected chi connectivity index (χ3v) is 2.94. The maximum Gasteiger partial charge on any atom is 0.0964 e. The van der Waals surface area contributed by atoms with E-state index in [0.29, 0.717) is 12.0 Å². The Hall–Kier alpha value is -0.120. The monoisotopic (exact) mass is 201 g/mol. The van der Waals surface area contributed by atoms with E-state index in [2.05, 4.69) is 26.1 Å². The van der Waals surface area contributed by atoms with E-state index < -0.39 is 0 Å². The van der Waals surface area contributed by atoms with Crippen LogP contribution in [0.25, 0.3) is 0 Å². The lowest BCUT2D eigenvalue weighted by atomic mass is 9.94. The molecule has 1 N–H and O–H groups in total. The fourth-order valence-electron chi connectivity index (χ4n) is 1.90. The molecule has 0 bridgehead atoms. The van der Waals surface area contributed by atoms with Crippen molar-refractivity contribution in [1.29, 1.82) is 0 Å². The van der Waals surface area contributed by atoms with Crippen molar-refractivity contribution in [3.63, 3.8) is 0 Å². The third kappa shape index (κ3) is 3.23. The number of likely N-dealkylation sites (N-methyl/N-ethyl adjacent to an activating group) is 1. The van der Waals surface area contributed by atoms with Gasteiger partial charge in [0, 0.05) is 6.04 Å². The SMILES string of the molecule is CCNC(C(C)CC)C1COCCO1. The summed E-state index contributed by atoms with van der Waals surface area (Å²) in [7, 11) is 0. The minimum atomic E-state index is 0.235. The number of nitrogens with one attached hydrogen (secondary N) is 1. The minimum Gasteiger partial charge on any atom is -0.376 e. The Labute approximate surface area is 87.2 Å². The molecule has 0 aromatic carbocycles. The molecule has 0 aliphatic carbocycles. The van der Waals surface area contributed by atoms with Gasteiger partial charge in [-0.1, -0.05) is 27.2 Å². The maximum absolute atomic E-state index is 5.73. The van der Waals surface area contributed by atoms with Gasteiger partial charge in [-0.25, -0.2) is 0 Å². The molecule has 3 atom stereocenters. The van der Waals surface area contributed by atoms with Crippen molar-refractivity contribution in [3.8, 4) is 0 Å². The van der Waals surface area contributed by atoms with E-state index in [0.717, 1.165) is 26.4 Å². The molecule has 3 nitrogen and oxygen atoms in total. The fourth-order valence-corrected chi connectivity index (χ4v) is 1.90. The van der Waals surface area contributed by atoms with Gasteiger partial charge in [-0.2, -0.15) is 0 Å². The number of ether oxygens (including phenoxy) is 2. The Bertz CT molecular complexity index is 146. The summed E-state index contributed by atoms with van der Waals surface area (Å²) in [5.74, 6) is 0.640. The summed E-state index contributed by atoms with van der Waals surface area (Å²) in [5.41, 5.74) is 0. The second kappa shape index (κ2) is 6.38. The van der Waals surface area contributed by atoms with Crippen LogP contribution in [0.4, 0.5) is 0 Å². The van der Waals surface area contributed by atoms with E-state index in [4.69, 9.17) is 9.47 Å². The molecule has 0 aromatic rings. The highest BCUT2D eigenvalue weighted by Crippen LogP contribution is 2.16. The maximum atomic E-state index is 5.73. The molecular formula is C11H23NO2. The molecule has 14 heavy (non-hydrogen) atoms. The molecule has 1 rings (SSSR count). The van der Waals surface area contributed by atoms with Crippen LogP contribution >= 0.6 is 0 Å². The van der Waals surface area contributed by atoms with Crippen LogP contribution in [-0.4, -0.2) is 38.5 Å². The Morgan fingerprint density at radius 2 is 2.14 bits per heavy atom. The first kappa shape index (κ1) is 12.0. The van der Waals surface area contributed by atoms with Crippen molar-refractivity contribution in [2.45, 2.75) is 39.3 Å². The van der Waals surface area contributed by atoms with Crippen LogP contribution in [0.15, 0.2) is 0 Å². The summed E-state index contributed by atoms with van der Waals surface area (Å²) in [6, 6.07) is 0.435. The zero-order valence-corrected chi connectivity index (χ0v) is 9.58. The molecule has 1 saturated heterocycles. The van der Waals surface area contributed by atoms with Crippen LogP contribution in [-0.2, 0) is 9.47 Å². The van der Waals surface area contributed by atoms with Crippen molar-refractivity contribution < 1.29 is 9.47 Å². The normalized spacial score (nSPS) is 27.2. The number of hydrogen-bond donors (Lipinski definition) is 1. The van der Waals surface area contributed by atoms with Gasteiger partial charge in [0.1, 0.15) is 0 Å². The molecule has 0 spiro atoms. The van der Waals surface area contributed by atoms with Crippen molar-refractivity contribution in [2.24, 2.45) is 5.92 Å². The predicted molar refractivity (Wildman–Crippen MR) is 57.5 cm³/mol. The Kier molecular flexibility index (Phi) is 5.45. The molecule has 0 saturated carbocycles. The standard InChI is InChI=1S/C11H23NO2/c1-4-9(3)11(12-5-2)10-8-13-6-7-14-10/h9-12H,4-8H2,1-3H3. The molecule has 0 aromatic heterocycles. The largest absolute Gasteiger partial charge is 0.376 e. The van der Waals surface area contributed by atoms with Crippen LogP contribution in [0.1, 0.15) is 27.2 Å². The molecule has 3 unspecified atom stereocenters. The van der Waals surface area contributed by atoms with Crippen LogP contribution < -0.4 is 5.32 Å². The van der Waals surface area contributed by atoms with E-state index in [-0.39, 0.29) is 6.10 Å². The van der Waals surface area contributed by atoms with E-state index in [1.807, 2.05) is 0 Å². The smallest absolute Gasteiger partial charge is 0.0964 e. The lowest BCUT2D eigenvalue weighted by Gasteiger charge is -2.34. The Morgan fingerprint density at radius 3 is 2.64 bits per heavy atom. The summed E-state index contributed by atoms with van der Waals surface area (Å²) in [6.07, 6.45) is 1.41. The summed E-state index contributed by atoms with van der Waals surface area (Å²) in [5, 5.41) is 3.50. The van der Waals surface area contributed by atoms with E-state index in [9.17, 15) is 0 Å². The van der Waals surface area contributed by atoms with Crippen molar-refractivity contribution in [1.82, 2.24) is 5.32 Å². The summed E-state index contributed by atoms with van der Waals surface area (Å²) in [4.78, 5) is 0. The second-order valence-corrected chi connectivity index (χ2v) is 3.95. The van der Waals surface area contributed by atoms with Crippen molar-refractivity contribution >= 4 is 0 Å². The lowest BCUT2D eigenvalue weighted by molar-refractivity contribution is -0.108. The summed E-state index contributed by atoms with van der Waals surface area (Å²) < 4.78 is 11.2. The van der Waals surface area contributed by atoms with Gasteiger partial charge in [0.05, 0.1) is 25.9 Å². The average molecular weight is 201 g/mol. The molecule has 1 fully saturated rings. The highest BCUT2D eigenvalue weighted by atomic mass is 16.6. The molecule has 0 radical (unpaired) electrons. The highest BCUT2D eigenvalue weighted by molar-refractivity contribution is 4.82. The topological polar surface area (TPSA) is 30.5 Å². The number of hydrogen-bond acceptors (Lipinski definition) is 3. The third-order valence-electron chi connectivity index (χ3n) is 2.94. The van der Waals surface area contributed by atoms with Gasteiger partial charge in [0.25, 0.3) is 0 Å². The molecule has 0 amide bonds. The van der Waals surface area contributed by atoms with Gasteiger partial charge in [0.2, 0.25) is 0 Å². The predicted octanol–water partition coefficient (Wildman–Crippen LogP) is 1.43. The van der Waals surface area contributed by atoms with Gasteiger partial charge >= 0.3 is 0 Å².